The van der Waals surface area contributed by atoms with Crippen LogP contribution in [0.1, 0.15) is 38.3 Å². The predicted octanol–water partition coefficient (Wildman–Crippen LogP) is 5.87. The first-order valence-corrected chi connectivity index (χ1v) is 14.6. The summed E-state index contributed by atoms with van der Waals surface area (Å²) in [6, 6.07) is 14.9. The fourth-order valence-electron chi connectivity index (χ4n) is 3.65. The Bertz CT molecular complexity index is 955. The summed E-state index contributed by atoms with van der Waals surface area (Å²) >= 11 is 0. The number of hydrogen-bond donors (Lipinski definition) is 2. The summed E-state index contributed by atoms with van der Waals surface area (Å²) in [5.41, 5.74) is 3.30. The number of rotatable bonds is 12. The summed E-state index contributed by atoms with van der Waals surface area (Å²) in [7, 11) is -1.55. The summed E-state index contributed by atoms with van der Waals surface area (Å²) < 4.78 is 49.5. The molecule has 0 radical (unpaired) electrons. The van der Waals surface area contributed by atoms with E-state index in [0.29, 0.717) is 23.5 Å². The molecule has 0 saturated carbocycles. The molecule has 8 heteroatoms. The van der Waals surface area contributed by atoms with E-state index < -0.39 is 32.0 Å². The van der Waals surface area contributed by atoms with Gasteiger partial charge in [0, 0.05) is 12.8 Å². The monoisotopic (exact) mass is 508 g/mol. The highest BCUT2D eigenvalue weighted by atomic mass is 28.3. The largest absolute Gasteiger partial charge is 0.487 e. The second kappa shape index (κ2) is 13.6. The highest BCUT2D eigenvalue weighted by Gasteiger charge is 2.30. The maximum absolute atomic E-state index is 12.7. The molecule has 4 nitrogen and oxygen atoms in total. The van der Waals surface area contributed by atoms with E-state index in [2.05, 4.69) is 32.2 Å². The van der Waals surface area contributed by atoms with E-state index >= 15 is 0 Å². The first-order chi connectivity index (χ1) is 16.6. The highest BCUT2D eigenvalue weighted by molar-refractivity contribution is 6.87. The minimum absolute atomic E-state index is 0.0576. The molecular formula is C27H35F3O4Si. The normalized spacial score (nSPS) is 13.5. The van der Waals surface area contributed by atoms with Crippen LogP contribution in [-0.2, 0) is 12.6 Å². The Balaban J connectivity index is 1.87. The SMILES string of the molecule is CC[Si](C#CCC(O)COc1ccccc1OCC(O)Cc1ccc(C(F)(F)F)cc1)(CC)CC. The molecule has 0 heterocycles. The fraction of sp³-hybridized carbons (Fsp3) is 0.481. The van der Waals surface area contributed by atoms with Crippen molar-refractivity contribution in [3.8, 4) is 23.0 Å². The van der Waals surface area contributed by atoms with Crippen molar-refractivity contribution in [1.29, 1.82) is 0 Å². The quantitative estimate of drug-likeness (QED) is 0.278. The minimum atomic E-state index is -4.39. The van der Waals surface area contributed by atoms with E-state index in [1.807, 2.05) is 0 Å². The van der Waals surface area contributed by atoms with Gasteiger partial charge in [0.2, 0.25) is 0 Å². The van der Waals surface area contributed by atoms with Crippen molar-refractivity contribution in [2.24, 2.45) is 0 Å². The highest BCUT2D eigenvalue weighted by Crippen LogP contribution is 2.30. The standard InChI is InChI=1S/C27H35F3O4Si/c1-4-35(5-2,6-3)17-9-10-23(31)19-33-25-11-7-8-12-26(25)34-20-24(32)18-21-13-15-22(16-14-21)27(28,29)30/h7-8,11-16,23-24,31-32H,4-6,10,18-20H2,1-3H3. The molecule has 192 valence electrons. The molecule has 0 bridgehead atoms. The summed E-state index contributed by atoms with van der Waals surface area (Å²) in [6.45, 7) is 6.55. The van der Waals surface area contributed by atoms with Crippen molar-refractivity contribution in [2.45, 2.75) is 70.1 Å². The number of benzene rings is 2. The smallest absolute Gasteiger partial charge is 0.416 e. The third kappa shape index (κ3) is 9.24. The molecular weight excluding hydrogens is 473 g/mol. The summed E-state index contributed by atoms with van der Waals surface area (Å²) in [6.07, 6.45) is -5.56. The topological polar surface area (TPSA) is 58.9 Å². The van der Waals surface area contributed by atoms with Crippen LogP contribution in [0, 0.1) is 11.5 Å². The van der Waals surface area contributed by atoms with Crippen LogP contribution in [0.15, 0.2) is 48.5 Å². The molecule has 35 heavy (non-hydrogen) atoms. The zero-order chi connectivity index (χ0) is 25.9. The van der Waals surface area contributed by atoms with Gasteiger partial charge >= 0.3 is 6.18 Å². The summed E-state index contributed by atoms with van der Waals surface area (Å²) in [5.74, 6) is 4.00. The molecule has 0 amide bonds. The van der Waals surface area contributed by atoms with Gasteiger partial charge in [-0.15, -0.1) is 11.5 Å². The maximum Gasteiger partial charge on any atom is 0.416 e. The average molecular weight is 509 g/mol. The molecule has 0 saturated heterocycles. The Morgan fingerprint density at radius 3 is 1.83 bits per heavy atom. The van der Waals surface area contributed by atoms with Crippen molar-refractivity contribution in [2.75, 3.05) is 13.2 Å². The summed E-state index contributed by atoms with van der Waals surface area (Å²) in [4.78, 5) is 0. The van der Waals surface area contributed by atoms with Gasteiger partial charge in [0.1, 0.15) is 21.3 Å². The van der Waals surface area contributed by atoms with Gasteiger partial charge in [-0.05, 0) is 48.0 Å². The molecule has 0 aliphatic rings. The molecule has 2 rings (SSSR count). The first kappa shape index (κ1) is 28.8. The van der Waals surface area contributed by atoms with E-state index in [1.165, 1.54) is 12.1 Å². The van der Waals surface area contributed by atoms with Crippen LogP contribution in [0.25, 0.3) is 0 Å². The second-order valence-corrected chi connectivity index (χ2v) is 13.6. The molecule has 0 aliphatic heterocycles. The lowest BCUT2D eigenvalue weighted by Crippen LogP contribution is -2.29. The van der Waals surface area contributed by atoms with Gasteiger partial charge in [-0.1, -0.05) is 45.0 Å². The lowest BCUT2D eigenvalue weighted by atomic mass is 10.1. The molecule has 2 aromatic rings. The van der Waals surface area contributed by atoms with Crippen LogP contribution >= 0.6 is 0 Å². The van der Waals surface area contributed by atoms with E-state index in [-0.39, 0.29) is 19.6 Å². The number of aliphatic hydroxyl groups is 2. The third-order valence-electron chi connectivity index (χ3n) is 6.19. The Kier molecular flexibility index (Phi) is 11.2. The molecule has 0 aliphatic carbocycles. The van der Waals surface area contributed by atoms with E-state index in [0.717, 1.165) is 30.3 Å². The number of halogens is 3. The van der Waals surface area contributed by atoms with Gasteiger partial charge in [0.05, 0.1) is 17.8 Å². The average Bonchev–Trinajstić information content (AvgIpc) is 2.84. The Morgan fingerprint density at radius 1 is 0.829 bits per heavy atom. The molecule has 2 atom stereocenters. The van der Waals surface area contributed by atoms with Crippen molar-refractivity contribution in [3.05, 3.63) is 59.7 Å². The van der Waals surface area contributed by atoms with Crippen molar-refractivity contribution < 1.29 is 32.9 Å². The number of aliphatic hydroxyl groups excluding tert-OH is 2. The van der Waals surface area contributed by atoms with Gasteiger partial charge in [0.25, 0.3) is 0 Å². The molecule has 0 fully saturated rings. The Morgan fingerprint density at radius 2 is 1.34 bits per heavy atom. The summed E-state index contributed by atoms with van der Waals surface area (Å²) in [5, 5.41) is 20.6. The van der Waals surface area contributed by atoms with Crippen LogP contribution < -0.4 is 9.47 Å². The van der Waals surface area contributed by atoms with Crippen LogP contribution in [0.4, 0.5) is 13.2 Å². The van der Waals surface area contributed by atoms with E-state index in [9.17, 15) is 23.4 Å². The van der Waals surface area contributed by atoms with E-state index in [4.69, 9.17) is 9.47 Å². The van der Waals surface area contributed by atoms with Crippen LogP contribution in [0.2, 0.25) is 18.1 Å². The van der Waals surface area contributed by atoms with Gasteiger partial charge in [0.15, 0.2) is 11.5 Å². The second-order valence-electron chi connectivity index (χ2n) is 8.62. The maximum atomic E-state index is 12.7. The lowest BCUT2D eigenvalue weighted by Gasteiger charge is -2.20. The molecule has 0 spiro atoms. The molecule has 2 aromatic carbocycles. The number of alkyl halides is 3. The Hall–Kier alpha value is -2.47. The first-order valence-electron chi connectivity index (χ1n) is 12.0. The van der Waals surface area contributed by atoms with Crippen molar-refractivity contribution in [1.82, 2.24) is 0 Å². The van der Waals surface area contributed by atoms with Crippen LogP contribution in [0.5, 0.6) is 11.5 Å². The molecule has 2 N–H and O–H groups in total. The molecule has 0 aromatic heterocycles. The minimum Gasteiger partial charge on any atom is -0.487 e. The van der Waals surface area contributed by atoms with Crippen molar-refractivity contribution >= 4 is 8.07 Å². The van der Waals surface area contributed by atoms with Crippen LogP contribution in [0.3, 0.4) is 0 Å². The van der Waals surface area contributed by atoms with Gasteiger partial charge in [-0.2, -0.15) is 13.2 Å². The number of hydrogen-bond acceptors (Lipinski definition) is 4. The molecule has 2 unspecified atom stereocenters. The van der Waals surface area contributed by atoms with Crippen molar-refractivity contribution in [3.63, 3.8) is 0 Å². The number of para-hydroxylation sites is 2. The van der Waals surface area contributed by atoms with Gasteiger partial charge < -0.3 is 19.7 Å². The van der Waals surface area contributed by atoms with Crippen LogP contribution in [-0.4, -0.2) is 43.7 Å². The third-order valence-corrected chi connectivity index (χ3v) is 11.0. The van der Waals surface area contributed by atoms with E-state index in [1.54, 1.807) is 24.3 Å². The fourth-order valence-corrected chi connectivity index (χ4v) is 6.16. The predicted molar refractivity (Wildman–Crippen MR) is 134 cm³/mol. The van der Waals surface area contributed by atoms with Gasteiger partial charge in [-0.3, -0.25) is 0 Å². The lowest BCUT2D eigenvalue weighted by molar-refractivity contribution is -0.137. The zero-order valence-corrected chi connectivity index (χ0v) is 21.6. The zero-order valence-electron chi connectivity index (χ0n) is 20.6. The Labute approximate surface area is 207 Å². The van der Waals surface area contributed by atoms with Gasteiger partial charge in [-0.25, -0.2) is 0 Å². The number of ether oxygens (including phenoxy) is 2.